The van der Waals surface area contributed by atoms with Crippen LogP contribution in [0.1, 0.15) is 36.0 Å². The SMILES string of the molecule is C=CC(OC(C)=O)[C@@H]1[C@H]2CN(Cc3cc4c(cc32)OCO4)[C@H]1C/C=C/c1ccccc1. The van der Waals surface area contributed by atoms with Crippen molar-refractivity contribution in [3.8, 4) is 11.5 Å². The molecule has 3 aliphatic heterocycles. The van der Waals surface area contributed by atoms with Gasteiger partial charge < -0.3 is 14.2 Å². The highest BCUT2D eigenvalue weighted by Crippen LogP contribution is 2.50. The second kappa shape index (κ2) is 8.23. The molecule has 3 heterocycles. The zero-order valence-corrected chi connectivity index (χ0v) is 17.7. The van der Waals surface area contributed by atoms with Crippen LogP contribution in [0, 0.1) is 5.92 Å². The van der Waals surface area contributed by atoms with Gasteiger partial charge in [0.05, 0.1) is 0 Å². The maximum atomic E-state index is 11.8. The monoisotopic (exact) mass is 417 g/mol. The lowest BCUT2D eigenvalue weighted by atomic mass is 9.79. The highest BCUT2D eigenvalue weighted by molar-refractivity contribution is 5.66. The average molecular weight is 418 g/mol. The van der Waals surface area contributed by atoms with Gasteiger partial charge in [-0.3, -0.25) is 9.69 Å². The summed E-state index contributed by atoms with van der Waals surface area (Å²) in [7, 11) is 0. The highest BCUT2D eigenvalue weighted by Gasteiger charge is 2.49. The molecule has 5 heteroatoms. The first-order valence-electron chi connectivity index (χ1n) is 10.8. The third-order valence-electron chi connectivity index (χ3n) is 6.62. The first-order chi connectivity index (χ1) is 15.1. The number of benzene rings is 2. The van der Waals surface area contributed by atoms with Crippen molar-refractivity contribution in [2.24, 2.45) is 5.92 Å². The number of rotatable bonds is 6. The first kappa shape index (κ1) is 19.9. The molecule has 0 spiro atoms. The van der Waals surface area contributed by atoms with Crippen LogP contribution in [0.15, 0.2) is 61.2 Å². The summed E-state index contributed by atoms with van der Waals surface area (Å²) in [4.78, 5) is 14.3. The Hall–Kier alpha value is -3.05. The van der Waals surface area contributed by atoms with Gasteiger partial charge in [0.2, 0.25) is 6.79 Å². The smallest absolute Gasteiger partial charge is 0.303 e. The van der Waals surface area contributed by atoms with Crippen LogP contribution in [0.5, 0.6) is 11.5 Å². The van der Waals surface area contributed by atoms with E-state index in [0.29, 0.717) is 0 Å². The molecule has 3 aliphatic rings. The van der Waals surface area contributed by atoms with Gasteiger partial charge >= 0.3 is 5.97 Å². The molecule has 0 aromatic heterocycles. The second-order valence-corrected chi connectivity index (χ2v) is 8.44. The van der Waals surface area contributed by atoms with Crippen LogP contribution in [0.4, 0.5) is 0 Å². The van der Waals surface area contributed by atoms with E-state index >= 15 is 0 Å². The van der Waals surface area contributed by atoms with E-state index in [0.717, 1.165) is 31.0 Å². The topological polar surface area (TPSA) is 48.0 Å². The molecule has 160 valence electrons. The van der Waals surface area contributed by atoms with Crippen molar-refractivity contribution in [1.29, 1.82) is 0 Å². The van der Waals surface area contributed by atoms with Crippen molar-refractivity contribution in [3.63, 3.8) is 0 Å². The minimum absolute atomic E-state index is 0.128. The summed E-state index contributed by atoms with van der Waals surface area (Å²) in [6.45, 7) is 7.52. The lowest BCUT2D eigenvalue weighted by Gasteiger charge is -2.30. The molecular weight excluding hydrogens is 390 g/mol. The van der Waals surface area contributed by atoms with E-state index in [2.05, 4.69) is 47.9 Å². The third kappa shape index (κ3) is 3.74. The Bertz CT molecular complexity index is 1020. The number of hydrogen-bond acceptors (Lipinski definition) is 5. The highest BCUT2D eigenvalue weighted by atomic mass is 16.7. The molecule has 5 nitrogen and oxygen atoms in total. The van der Waals surface area contributed by atoms with Gasteiger partial charge in [0, 0.05) is 37.9 Å². The zero-order valence-electron chi connectivity index (χ0n) is 17.7. The molecule has 2 aromatic carbocycles. The molecule has 2 aromatic rings. The molecule has 0 aliphatic carbocycles. The largest absolute Gasteiger partial charge is 0.458 e. The molecule has 0 amide bonds. The van der Waals surface area contributed by atoms with Crippen LogP contribution >= 0.6 is 0 Å². The molecule has 31 heavy (non-hydrogen) atoms. The Morgan fingerprint density at radius 3 is 2.77 bits per heavy atom. The minimum Gasteiger partial charge on any atom is -0.458 e. The number of fused-ring (bicyclic) bond motifs is 5. The Morgan fingerprint density at radius 2 is 2.03 bits per heavy atom. The van der Waals surface area contributed by atoms with E-state index in [9.17, 15) is 4.79 Å². The minimum atomic E-state index is -0.334. The standard InChI is InChI=1S/C26H27NO4/c1-3-23(31-17(2)28)26-21-15-27(22(26)11-7-10-18-8-5-4-6-9-18)14-19-12-24-25(13-20(19)21)30-16-29-24/h3-10,12-13,21-23,26H,1,11,14-16H2,2H3/b10-7+/t21-,22-,23?,26+/m0/s1. The number of nitrogens with zero attached hydrogens (tertiary/aromatic N) is 1. The normalized spacial score (nSPS) is 26.5. The van der Waals surface area contributed by atoms with Crippen molar-refractivity contribution in [2.45, 2.75) is 38.0 Å². The maximum absolute atomic E-state index is 11.8. The molecule has 2 bridgehead atoms. The van der Waals surface area contributed by atoms with Gasteiger partial charge in [0.1, 0.15) is 6.10 Å². The molecule has 1 saturated heterocycles. The van der Waals surface area contributed by atoms with Crippen LogP contribution in [-0.4, -0.2) is 36.4 Å². The molecular formula is C26H27NO4. The van der Waals surface area contributed by atoms with Crippen LogP contribution in [-0.2, 0) is 16.1 Å². The number of esters is 1. The zero-order chi connectivity index (χ0) is 21.4. The Labute approximate surface area is 182 Å². The summed E-state index contributed by atoms with van der Waals surface area (Å²) in [6.07, 6.45) is 6.73. The van der Waals surface area contributed by atoms with Gasteiger partial charge in [-0.1, -0.05) is 55.1 Å². The second-order valence-electron chi connectivity index (χ2n) is 8.44. The van der Waals surface area contributed by atoms with Crippen molar-refractivity contribution in [2.75, 3.05) is 13.3 Å². The number of carbonyl (C=O) groups is 1. The fraction of sp³-hybridized carbons (Fsp3) is 0.346. The Morgan fingerprint density at radius 1 is 1.26 bits per heavy atom. The van der Waals surface area contributed by atoms with E-state index in [1.807, 2.05) is 18.2 Å². The van der Waals surface area contributed by atoms with Gasteiger partial charge in [-0.25, -0.2) is 0 Å². The third-order valence-corrected chi connectivity index (χ3v) is 6.62. The lowest BCUT2D eigenvalue weighted by molar-refractivity contribution is -0.146. The van der Waals surface area contributed by atoms with E-state index < -0.39 is 0 Å². The first-order valence-corrected chi connectivity index (χ1v) is 10.8. The predicted octanol–water partition coefficient (Wildman–Crippen LogP) is 4.53. The number of carbonyl (C=O) groups excluding carboxylic acids is 1. The lowest BCUT2D eigenvalue weighted by Crippen LogP contribution is -2.37. The summed E-state index contributed by atoms with van der Waals surface area (Å²) < 4.78 is 17.0. The van der Waals surface area contributed by atoms with E-state index in [1.165, 1.54) is 23.6 Å². The summed E-state index contributed by atoms with van der Waals surface area (Å²) in [5.41, 5.74) is 3.73. The fourth-order valence-corrected chi connectivity index (χ4v) is 5.35. The summed E-state index contributed by atoms with van der Waals surface area (Å²) in [5, 5.41) is 0. The molecule has 1 fully saturated rings. The van der Waals surface area contributed by atoms with E-state index in [-0.39, 0.29) is 36.7 Å². The van der Waals surface area contributed by atoms with Crippen LogP contribution in [0.2, 0.25) is 0 Å². The molecule has 0 radical (unpaired) electrons. The summed E-state index contributed by atoms with van der Waals surface area (Å²) in [6, 6.07) is 14.8. The summed E-state index contributed by atoms with van der Waals surface area (Å²) in [5.74, 6) is 1.73. The van der Waals surface area contributed by atoms with Crippen LogP contribution in [0.25, 0.3) is 6.08 Å². The van der Waals surface area contributed by atoms with Gasteiger partial charge in [0.25, 0.3) is 0 Å². The number of hydrogen-bond donors (Lipinski definition) is 0. The van der Waals surface area contributed by atoms with Crippen molar-refractivity contribution in [3.05, 3.63) is 77.9 Å². The molecule has 0 N–H and O–H groups in total. The average Bonchev–Trinajstić information content (AvgIpc) is 3.34. The fourth-order valence-electron chi connectivity index (χ4n) is 5.35. The predicted molar refractivity (Wildman–Crippen MR) is 119 cm³/mol. The van der Waals surface area contributed by atoms with Gasteiger partial charge in [-0.15, -0.1) is 0 Å². The van der Waals surface area contributed by atoms with Gasteiger partial charge in [-0.2, -0.15) is 0 Å². The van der Waals surface area contributed by atoms with Crippen LogP contribution < -0.4 is 9.47 Å². The molecule has 0 saturated carbocycles. The number of ether oxygens (including phenoxy) is 3. The van der Waals surface area contributed by atoms with Crippen molar-refractivity contribution >= 4 is 12.0 Å². The Balaban J connectivity index is 1.47. The quantitative estimate of drug-likeness (QED) is 0.510. The summed E-state index contributed by atoms with van der Waals surface area (Å²) >= 11 is 0. The molecule has 5 atom stereocenters. The van der Waals surface area contributed by atoms with Gasteiger partial charge in [-0.05, 0) is 35.2 Å². The van der Waals surface area contributed by atoms with Crippen molar-refractivity contribution in [1.82, 2.24) is 4.90 Å². The van der Waals surface area contributed by atoms with Gasteiger partial charge in [0.15, 0.2) is 11.5 Å². The molecule has 2 unspecified atom stereocenters. The van der Waals surface area contributed by atoms with Crippen molar-refractivity contribution < 1.29 is 19.0 Å². The molecule has 5 rings (SSSR count). The maximum Gasteiger partial charge on any atom is 0.303 e. The Kier molecular flexibility index (Phi) is 5.28. The van der Waals surface area contributed by atoms with Crippen LogP contribution in [0.3, 0.4) is 0 Å². The van der Waals surface area contributed by atoms with E-state index in [1.54, 1.807) is 6.08 Å². The van der Waals surface area contributed by atoms with E-state index in [4.69, 9.17) is 14.2 Å².